The molecule has 1 aliphatic heterocycles. The molecule has 0 saturated heterocycles. The Labute approximate surface area is 52.7 Å². The Kier molecular flexibility index (Phi) is 1.50. The van der Waals surface area contributed by atoms with Gasteiger partial charge in [-0.15, -0.1) is 0 Å². The van der Waals surface area contributed by atoms with Gasteiger partial charge in [-0.05, 0) is 6.08 Å². The van der Waals surface area contributed by atoms with Crippen LogP contribution in [0.1, 0.15) is 0 Å². The Morgan fingerprint density at radius 2 is 2.56 bits per heavy atom. The van der Waals surface area contributed by atoms with E-state index in [1.165, 1.54) is 17.2 Å². The minimum absolute atomic E-state index is 0.152. The minimum Gasteiger partial charge on any atom is -0.373 e. The second-order valence-electron chi connectivity index (χ2n) is 1.83. The lowest BCUT2D eigenvalue weighted by atomic mass is 10.4. The highest BCUT2D eigenvalue weighted by Crippen LogP contribution is 1.93. The van der Waals surface area contributed by atoms with Crippen LogP contribution in [0.4, 0.5) is 0 Å². The molecule has 0 bridgehead atoms. The van der Waals surface area contributed by atoms with Crippen molar-refractivity contribution in [1.29, 1.82) is 0 Å². The first-order valence-electron chi connectivity index (χ1n) is 2.60. The zero-order valence-corrected chi connectivity index (χ0v) is 5.03. The fraction of sp³-hybridized carbons (Fsp3) is 0.400. The third kappa shape index (κ3) is 1.28. The van der Waals surface area contributed by atoms with E-state index in [0.29, 0.717) is 0 Å². The van der Waals surface area contributed by atoms with Crippen molar-refractivity contribution in [2.45, 2.75) is 6.23 Å². The van der Waals surface area contributed by atoms with Crippen LogP contribution < -0.4 is 5.43 Å². The fourth-order valence-corrected chi connectivity index (χ4v) is 0.590. The monoisotopic (exact) mass is 128 g/mol. The lowest BCUT2D eigenvalue weighted by Crippen LogP contribution is -2.47. The molecule has 0 saturated carbocycles. The molecule has 2 N–H and O–H groups in total. The molecule has 0 aromatic heterocycles. The standard InChI is InChI=1S/C5H8N2O2/c1-7-5(9)3-2-4(8)6-7/h2-4,6,8H,1H3. The molecule has 0 spiro atoms. The summed E-state index contributed by atoms with van der Waals surface area (Å²) in [6.45, 7) is 0. The number of aliphatic hydroxyl groups is 1. The molecule has 1 unspecified atom stereocenters. The molecule has 4 nitrogen and oxygen atoms in total. The first-order chi connectivity index (χ1) is 4.20. The van der Waals surface area contributed by atoms with E-state index in [1.54, 1.807) is 7.05 Å². The Morgan fingerprint density at radius 1 is 1.89 bits per heavy atom. The zero-order chi connectivity index (χ0) is 6.85. The molecule has 0 radical (unpaired) electrons. The third-order valence-corrected chi connectivity index (χ3v) is 1.08. The number of hydrazine groups is 1. The van der Waals surface area contributed by atoms with Gasteiger partial charge in [-0.3, -0.25) is 9.80 Å². The smallest absolute Gasteiger partial charge is 0.260 e. The number of carbonyl (C=O) groups is 1. The average molecular weight is 128 g/mol. The van der Waals surface area contributed by atoms with Gasteiger partial charge in [-0.1, -0.05) is 0 Å². The van der Waals surface area contributed by atoms with Crippen LogP contribution in [0, 0.1) is 0 Å². The molecule has 0 fully saturated rings. The number of hydrogen-bond acceptors (Lipinski definition) is 3. The molecule has 1 heterocycles. The van der Waals surface area contributed by atoms with Gasteiger partial charge in [0.15, 0.2) is 0 Å². The van der Waals surface area contributed by atoms with Gasteiger partial charge < -0.3 is 5.11 Å². The Bertz CT molecular complexity index is 155. The topological polar surface area (TPSA) is 52.6 Å². The number of hydrogen-bond donors (Lipinski definition) is 2. The van der Waals surface area contributed by atoms with Crippen LogP contribution in [0.2, 0.25) is 0 Å². The summed E-state index contributed by atoms with van der Waals surface area (Å²) >= 11 is 0. The van der Waals surface area contributed by atoms with Crippen LogP contribution in [-0.4, -0.2) is 29.3 Å². The first-order valence-corrected chi connectivity index (χ1v) is 2.60. The molecule has 50 valence electrons. The zero-order valence-electron chi connectivity index (χ0n) is 5.03. The quantitative estimate of drug-likeness (QED) is 0.432. The highest BCUT2D eigenvalue weighted by atomic mass is 16.3. The van der Waals surface area contributed by atoms with Gasteiger partial charge in [-0.25, -0.2) is 5.43 Å². The minimum atomic E-state index is -0.729. The van der Waals surface area contributed by atoms with Gasteiger partial charge >= 0.3 is 0 Å². The normalized spacial score (nSPS) is 27.1. The van der Waals surface area contributed by atoms with E-state index in [4.69, 9.17) is 5.11 Å². The predicted octanol–water partition coefficient (Wildman–Crippen LogP) is -1.16. The number of nitrogens with one attached hydrogen (secondary N) is 1. The summed E-state index contributed by atoms with van der Waals surface area (Å²) in [6.07, 6.45) is 1.98. The van der Waals surface area contributed by atoms with Gasteiger partial charge in [-0.2, -0.15) is 0 Å². The molecule has 1 atom stereocenters. The van der Waals surface area contributed by atoms with Crippen LogP contribution in [0.5, 0.6) is 0 Å². The van der Waals surface area contributed by atoms with Crippen LogP contribution in [0.15, 0.2) is 12.2 Å². The molecular weight excluding hydrogens is 120 g/mol. The maximum absolute atomic E-state index is 10.6. The van der Waals surface area contributed by atoms with Crippen LogP contribution in [-0.2, 0) is 4.79 Å². The van der Waals surface area contributed by atoms with E-state index < -0.39 is 6.23 Å². The molecule has 9 heavy (non-hydrogen) atoms. The molecule has 0 aliphatic carbocycles. The van der Waals surface area contributed by atoms with Crippen molar-refractivity contribution < 1.29 is 9.90 Å². The van der Waals surface area contributed by atoms with E-state index in [0.717, 1.165) is 0 Å². The van der Waals surface area contributed by atoms with E-state index in [1.807, 2.05) is 0 Å². The third-order valence-electron chi connectivity index (χ3n) is 1.08. The molecule has 0 aromatic rings. The highest BCUT2D eigenvalue weighted by molar-refractivity contribution is 5.87. The number of aliphatic hydroxyl groups excluding tert-OH is 1. The number of likely N-dealkylation sites (N-methyl/N-ethyl adjacent to an activating group) is 1. The van der Waals surface area contributed by atoms with Crippen LogP contribution in [0.3, 0.4) is 0 Å². The number of rotatable bonds is 0. The van der Waals surface area contributed by atoms with E-state index in [9.17, 15) is 4.79 Å². The van der Waals surface area contributed by atoms with Crippen molar-refractivity contribution in [2.24, 2.45) is 0 Å². The summed E-state index contributed by atoms with van der Waals surface area (Å²) in [5.74, 6) is -0.152. The lowest BCUT2D eigenvalue weighted by molar-refractivity contribution is -0.131. The first kappa shape index (κ1) is 6.25. The van der Waals surface area contributed by atoms with Crippen LogP contribution in [0.25, 0.3) is 0 Å². The second-order valence-corrected chi connectivity index (χ2v) is 1.83. The van der Waals surface area contributed by atoms with Gasteiger partial charge in [0, 0.05) is 13.1 Å². The van der Waals surface area contributed by atoms with Gasteiger partial charge in [0.1, 0.15) is 6.23 Å². The Balaban J connectivity index is 2.65. The summed E-state index contributed by atoms with van der Waals surface area (Å²) < 4.78 is 0. The van der Waals surface area contributed by atoms with Crippen molar-refractivity contribution >= 4 is 5.91 Å². The fourth-order valence-electron chi connectivity index (χ4n) is 0.590. The summed E-state index contributed by atoms with van der Waals surface area (Å²) in [4.78, 5) is 10.6. The van der Waals surface area contributed by atoms with Crippen molar-refractivity contribution in [3.63, 3.8) is 0 Å². The summed E-state index contributed by atoms with van der Waals surface area (Å²) in [5, 5.41) is 10.0. The molecule has 1 aliphatic rings. The van der Waals surface area contributed by atoms with E-state index >= 15 is 0 Å². The molecule has 1 amide bonds. The van der Waals surface area contributed by atoms with Crippen molar-refractivity contribution in [3.8, 4) is 0 Å². The highest BCUT2D eigenvalue weighted by Gasteiger charge is 2.12. The number of carbonyl (C=O) groups excluding carboxylic acids is 1. The van der Waals surface area contributed by atoms with Gasteiger partial charge in [0.2, 0.25) is 0 Å². The Morgan fingerprint density at radius 3 is 3.00 bits per heavy atom. The maximum atomic E-state index is 10.6. The van der Waals surface area contributed by atoms with E-state index in [-0.39, 0.29) is 5.91 Å². The van der Waals surface area contributed by atoms with Crippen molar-refractivity contribution in [1.82, 2.24) is 10.4 Å². The summed E-state index contributed by atoms with van der Waals surface area (Å²) in [6, 6.07) is 0. The average Bonchev–Trinajstić information content (AvgIpc) is 1.80. The molecule has 0 aromatic carbocycles. The van der Waals surface area contributed by atoms with Crippen molar-refractivity contribution in [3.05, 3.63) is 12.2 Å². The molecule has 4 heteroatoms. The maximum Gasteiger partial charge on any atom is 0.260 e. The lowest BCUT2D eigenvalue weighted by Gasteiger charge is -2.22. The van der Waals surface area contributed by atoms with Gasteiger partial charge in [0.05, 0.1) is 0 Å². The summed E-state index contributed by atoms with van der Waals surface area (Å²) in [5.41, 5.74) is 2.48. The number of nitrogens with zero attached hydrogens (tertiary/aromatic N) is 1. The van der Waals surface area contributed by atoms with Gasteiger partial charge in [0.25, 0.3) is 5.91 Å². The SMILES string of the molecule is CN1NC(O)C=CC1=O. The molecule has 1 rings (SSSR count). The van der Waals surface area contributed by atoms with Crippen molar-refractivity contribution in [2.75, 3.05) is 7.05 Å². The van der Waals surface area contributed by atoms with E-state index in [2.05, 4.69) is 5.43 Å². The van der Waals surface area contributed by atoms with Crippen LogP contribution >= 0.6 is 0 Å². The molecular formula is C5H8N2O2. The second kappa shape index (κ2) is 2.16. The predicted molar refractivity (Wildman–Crippen MR) is 31.1 cm³/mol. The number of amides is 1. The largest absolute Gasteiger partial charge is 0.373 e. The Hall–Kier alpha value is -0.870. The summed E-state index contributed by atoms with van der Waals surface area (Å²) in [7, 11) is 1.55.